The molecule has 0 aliphatic heterocycles. The Morgan fingerprint density at radius 2 is 1.81 bits per heavy atom. The van der Waals surface area contributed by atoms with Gasteiger partial charge in [-0.1, -0.05) is 42.5 Å². The molecule has 0 fully saturated rings. The van der Waals surface area contributed by atoms with Crippen molar-refractivity contribution in [2.45, 2.75) is 33.4 Å². The fraction of sp³-hybridized carbons (Fsp3) is 0.292. The van der Waals surface area contributed by atoms with E-state index < -0.39 is 17.2 Å². The smallest absolute Gasteiger partial charge is 0.348 e. The average molecular weight is 453 g/mol. The van der Waals surface area contributed by atoms with E-state index in [1.807, 2.05) is 36.4 Å². The predicted molar refractivity (Wildman–Crippen MR) is 126 cm³/mol. The molecule has 0 saturated heterocycles. The van der Waals surface area contributed by atoms with E-state index in [2.05, 4.69) is 6.07 Å². The molecule has 0 aliphatic carbocycles. The van der Waals surface area contributed by atoms with Crippen molar-refractivity contribution in [3.8, 4) is 0 Å². The second-order valence-corrected chi connectivity index (χ2v) is 8.50. The van der Waals surface area contributed by atoms with E-state index in [0.29, 0.717) is 33.6 Å². The number of ether oxygens (including phenoxy) is 1. The molecule has 32 heavy (non-hydrogen) atoms. The number of fused-ring (bicyclic) bond motifs is 2. The normalized spacial score (nSPS) is 11.3. The van der Waals surface area contributed by atoms with Gasteiger partial charge in [-0.3, -0.25) is 13.9 Å². The van der Waals surface area contributed by atoms with Crippen LogP contribution in [0.3, 0.4) is 0 Å². The first-order valence-electron chi connectivity index (χ1n) is 10.5. The Labute approximate surface area is 188 Å². The van der Waals surface area contributed by atoms with E-state index in [9.17, 15) is 19.5 Å². The summed E-state index contributed by atoms with van der Waals surface area (Å²) in [6.45, 7) is 3.52. The Morgan fingerprint density at radius 3 is 2.53 bits per heavy atom. The molecule has 8 heteroatoms. The van der Waals surface area contributed by atoms with Crippen LogP contribution in [-0.2, 0) is 24.2 Å². The first kappa shape index (κ1) is 22.0. The third-order valence-corrected chi connectivity index (χ3v) is 6.81. The van der Waals surface area contributed by atoms with Crippen molar-refractivity contribution in [2.24, 2.45) is 0 Å². The van der Waals surface area contributed by atoms with Crippen molar-refractivity contribution < 1.29 is 14.6 Å². The maximum Gasteiger partial charge on any atom is 0.348 e. The summed E-state index contributed by atoms with van der Waals surface area (Å²) in [6.07, 6.45) is 0.572. The summed E-state index contributed by atoms with van der Waals surface area (Å²) in [6, 6.07) is 14.2. The number of esters is 1. The number of nitrogens with zero attached hydrogens (tertiary/aromatic N) is 2. The monoisotopic (exact) mass is 452 g/mol. The minimum Gasteiger partial charge on any atom is -0.462 e. The fourth-order valence-corrected chi connectivity index (χ4v) is 5.13. The molecule has 0 amide bonds. The van der Waals surface area contributed by atoms with Crippen molar-refractivity contribution in [3.05, 3.63) is 79.3 Å². The van der Waals surface area contributed by atoms with Gasteiger partial charge in [-0.05, 0) is 42.2 Å². The van der Waals surface area contributed by atoms with Crippen molar-refractivity contribution in [3.63, 3.8) is 0 Å². The van der Waals surface area contributed by atoms with Gasteiger partial charge in [0.2, 0.25) is 0 Å². The van der Waals surface area contributed by atoms with Gasteiger partial charge in [-0.15, -0.1) is 11.3 Å². The molecule has 1 N–H and O–H groups in total. The maximum absolute atomic E-state index is 13.1. The molecule has 0 saturated carbocycles. The largest absolute Gasteiger partial charge is 0.462 e. The van der Waals surface area contributed by atoms with Crippen LogP contribution in [0.5, 0.6) is 0 Å². The van der Waals surface area contributed by atoms with Crippen LogP contribution in [0.15, 0.2) is 52.1 Å². The summed E-state index contributed by atoms with van der Waals surface area (Å²) < 4.78 is 7.70. The summed E-state index contributed by atoms with van der Waals surface area (Å²) >= 11 is 1.10. The molecule has 2 heterocycles. The molecule has 166 valence electrons. The van der Waals surface area contributed by atoms with E-state index in [4.69, 9.17) is 4.74 Å². The van der Waals surface area contributed by atoms with Gasteiger partial charge in [0.1, 0.15) is 9.71 Å². The Morgan fingerprint density at radius 1 is 1.06 bits per heavy atom. The summed E-state index contributed by atoms with van der Waals surface area (Å²) in [5, 5.41) is 12.0. The number of aryl methyl sites for hydroxylation is 3. The van der Waals surface area contributed by atoms with Crippen molar-refractivity contribution >= 4 is 38.3 Å². The zero-order chi connectivity index (χ0) is 22.8. The Bertz CT molecular complexity index is 1430. The van der Waals surface area contributed by atoms with E-state index in [1.54, 1.807) is 13.8 Å². The molecule has 7 nitrogen and oxygen atoms in total. The second-order valence-electron chi connectivity index (χ2n) is 7.50. The van der Waals surface area contributed by atoms with E-state index in [0.717, 1.165) is 32.2 Å². The molecule has 4 aromatic rings. The van der Waals surface area contributed by atoms with Crippen molar-refractivity contribution in [1.29, 1.82) is 0 Å². The highest BCUT2D eigenvalue weighted by Crippen LogP contribution is 2.29. The van der Waals surface area contributed by atoms with Gasteiger partial charge in [-0.25, -0.2) is 9.59 Å². The first-order chi connectivity index (χ1) is 15.5. The first-order valence-corrected chi connectivity index (χ1v) is 11.3. The molecule has 0 bridgehead atoms. The highest BCUT2D eigenvalue weighted by molar-refractivity contribution is 7.20. The molecule has 2 aromatic heterocycles. The minimum absolute atomic E-state index is 0.104. The lowest BCUT2D eigenvalue weighted by molar-refractivity contribution is 0.0531. The van der Waals surface area contributed by atoms with Gasteiger partial charge in [0.15, 0.2) is 0 Å². The number of thiophene rings is 1. The van der Waals surface area contributed by atoms with Crippen molar-refractivity contribution in [1.82, 2.24) is 9.13 Å². The summed E-state index contributed by atoms with van der Waals surface area (Å²) in [7, 11) is 0. The van der Waals surface area contributed by atoms with E-state index in [-0.39, 0.29) is 19.8 Å². The minimum atomic E-state index is -0.507. The lowest BCUT2D eigenvalue weighted by atomic mass is 10.1. The van der Waals surface area contributed by atoms with Crippen LogP contribution in [0.4, 0.5) is 0 Å². The predicted octanol–water partition coefficient (Wildman–Crippen LogP) is 3.10. The van der Waals surface area contributed by atoms with Gasteiger partial charge >= 0.3 is 11.7 Å². The molecular formula is C24H24N2O5S. The number of benzene rings is 2. The van der Waals surface area contributed by atoms with Crippen molar-refractivity contribution in [2.75, 3.05) is 13.2 Å². The average Bonchev–Trinajstić information content (AvgIpc) is 3.14. The van der Waals surface area contributed by atoms with E-state index >= 15 is 0 Å². The molecule has 0 atom stereocenters. The standard InChI is InChI=1S/C24H24N2O5S/c1-3-31-23(29)20-15(2)19-21(28)25(12-13-27)24(30)26(22(19)32-20)11-10-16-8-9-17-6-4-5-7-18(17)14-16/h4-9,14,27H,3,10-13H2,1-2H3. The van der Waals surface area contributed by atoms with Gasteiger partial charge in [0.05, 0.1) is 25.1 Å². The summed E-state index contributed by atoms with van der Waals surface area (Å²) in [5.41, 5.74) is 0.571. The van der Waals surface area contributed by atoms with Crippen LogP contribution in [0.25, 0.3) is 21.0 Å². The quantitative estimate of drug-likeness (QED) is 0.435. The lowest BCUT2D eigenvalue weighted by Crippen LogP contribution is -2.40. The van der Waals surface area contributed by atoms with Crippen LogP contribution < -0.4 is 11.2 Å². The number of carbonyl (C=O) groups is 1. The number of rotatable bonds is 7. The molecule has 0 aliphatic rings. The van der Waals surface area contributed by atoms with Crippen LogP contribution in [0, 0.1) is 6.92 Å². The zero-order valence-corrected chi connectivity index (χ0v) is 18.8. The number of hydrogen-bond acceptors (Lipinski definition) is 6. The van der Waals surface area contributed by atoms with E-state index in [1.165, 1.54) is 4.57 Å². The van der Waals surface area contributed by atoms with Gasteiger partial charge < -0.3 is 9.84 Å². The van der Waals surface area contributed by atoms with Crippen LogP contribution in [0.2, 0.25) is 0 Å². The highest BCUT2D eigenvalue weighted by atomic mass is 32.1. The number of hydrogen-bond donors (Lipinski definition) is 1. The Kier molecular flexibility index (Phi) is 6.25. The molecule has 0 spiro atoms. The number of aliphatic hydroxyl groups excluding tert-OH is 1. The second kappa shape index (κ2) is 9.10. The van der Waals surface area contributed by atoms with Gasteiger partial charge in [0, 0.05) is 6.54 Å². The molecule has 0 radical (unpaired) electrons. The van der Waals surface area contributed by atoms with Gasteiger partial charge in [0.25, 0.3) is 5.56 Å². The molecular weight excluding hydrogens is 428 g/mol. The lowest BCUT2D eigenvalue weighted by Gasteiger charge is -2.12. The molecule has 4 rings (SSSR count). The topological polar surface area (TPSA) is 90.5 Å². The number of carbonyl (C=O) groups excluding carboxylic acids is 1. The third-order valence-electron chi connectivity index (χ3n) is 5.52. The van der Waals surface area contributed by atoms with Crippen LogP contribution in [-0.4, -0.2) is 33.4 Å². The third kappa shape index (κ3) is 3.87. The van der Waals surface area contributed by atoms with Gasteiger partial charge in [-0.2, -0.15) is 0 Å². The Balaban J connectivity index is 1.82. The Hall–Kier alpha value is -3.23. The summed E-state index contributed by atoms with van der Waals surface area (Å²) in [5.74, 6) is -0.507. The number of aromatic nitrogens is 2. The maximum atomic E-state index is 13.1. The summed E-state index contributed by atoms with van der Waals surface area (Å²) in [4.78, 5) is 39.4. The SMILES string of the molecule is CCOC(=O)c1sc2c(c1C)c(=O)n(CCO)c(=O)n2CCc1ccc2ccccc2c1. The van der Waals surface area contributed by atoms with Crippen LogP contribution in [0.1, 0.15) is 27.7 Å². The molecule has 2 aromatic carbocycles. The fourth-order valence-electron chi connectivity index (χ4n) is 3.92. The zero-order valence-electron chi connectivity index (χ0n) is 18.0. The number of aliphatic hydroxyl groups is 1. The molecule has 0 unspecified atom stereocenters. The highest BCUT2D eigenvalue weighted by Gasteiger charge is 2.23. The van der Waals surface area contributed by atoms with Crippen LogP contribution >= 0.6 is 11.3 Å².